The molecule has 0 aromatic heterocycles. The Balaban J connectivity index is 1.66. The van der Waals surface area contributed by atoms with Crippen molar-refractivity contribution in [3.63, 3.8) is 0 Å². The maximum atomic E-state index is 12.4. The van der Waals surface area contributed by atoms with Crippen LogP contribution in [0.25, 0.3) is 6.08 Å². The first-order valence-electron chi connectivity index (χ1n) is 9.32. The van der Waals surface area contributed by atoms with Crippen molar-refractivity contribution in [3.8, 4) is 0 Å². The van der Waals surface area contributed by atoms with Crippen LogP contribution in [0.1, 0.15) is 22.8 Å². The van der Waals surface area contributed by atoms with E-state index in [1.165, 1.54) is 24.8 Å². The molecular weight excluding hydrogens is 443 g/mol. The zero-order chi connectivity index (χ0) is 21.7. The van der Waals surface area contributed by atoms with Gasteiger partial charge in [-0.3, -0.25) is 14.4 Å². The minimum Gasteiger partial charge on any atom is -0.339 e. The molecule has 1 heterocycles. The highest BCUT2D eigenvalue weighted by molar-refractivity contribution is 7.99. The van der Waals surface area contributed by atoms with Crippen LogP contribution in [0.15, 0.2) is 52.3 Å². The Morgan fingerprint density at radius 1 is 0.967 bits per heavy atom. The first-order valence-corrected chi connectivity index (χ1v) is 10.9. The second kappa shape index (κ2) is 10.2. The average Bonchev–Trinajstić information content (AvgIpc) is 2.74. The Hall–Kier alpha value is -2.28. The smallest absolute Gasteiger partial charge is 0.246 e. The van der Waals surface area contributed by atoms with Gasteiger partial charge in [-0.15, -0.1) is 0 Å². The Morgan fingerprint density at radius 2 is 1.67 bits per heavy atom. The molecule has 2 aromatic rings. The lowest BCUT2D eigenvalue weighted by atomic mass is 10.2. The molecule has 2 amide bonds. The van der Waals surface area contributed by atoms with Gasteiger partial charge in [-0.1, -0.05) is 47.1 Å². The molecule has 0 atom stereocenters. The molecule has 1 fully saturated rings. The predicted octanol–water partition coefficient (Wildman–Crippen LogP) is 4.66. The van der Waals surface area contributed by atoms with E-state index < -0.39 is 0 Å². The lowest BCUT2D eigenvalue weighted by Gasteiger charge is -2.33. The molecule has 0 spiro atoms. The van der Waals surface area contributed by atoms with Crippen molar-refractivity contribution in [2.45, 2.75) is 16.7 Å². The number of nitrogens with zero attached hydrogens (tertiary/aromatic N) is 2. The van der Waals surface area contributed by atoms with Crippen molar-refractivity contribution in [1.29, 1.82) is 0 Å². The molecule has 5 nitrogen and oxygen atoms in total. The van der Waals surface area contributed by atoms with Crippen molar-refractivity contribution in [2.24, 2.45) is 0 Å². The van der Waals surface area contributed by atoms with Crippen molar-refractivity contribution in [2.75, 3.05) is 26.2 Å². The van der Waals surface area contributed by atoms with Gasteiger partial charge in [0.2, 0.25) is 11.8 Å². The lowest BCUT2D eigenvalue weighted by Crippen LogP contribution is -2.49. The number of aldehydes is 1. The first kappa shape index (κ1) is 22.4. The van der Waals surface area contributed by atoms with E-state index in [4.69, 9.17) is 23.2 Å². The number of amides is 2. The zero-order valence-corrected chi connectivity index (χ0v) is 18.6. The third-order valence-corrected chi connectivity index (χ3v) is 6.67. The third kappa shape index (κ3) is 5.45. The summed E-state index contributed by atoms with van der Waals surface area (Å²) >= 11 is 13.9. The summed E-state index contributed by atoms with van der Waals surface area (Å²) < 4.78 is 0. The van der Waals surface area contributed by atoms with Crippen molar-refractivity contribution in [3.05, 3.63) is 63.6 Å². The van der Waals surface area contributed by atoms with Crippen LogP contribution in [0.4, 0.5) is 0 Å². The predicted molar refractivity (Wildman–Crippen MR) is 120 cm³/mol. The zero-order valence-electron chi connectivity index (χ0n) is 16.3. The van der Waals surface area contributed by atoms with Crippen molar-refractivity contribution in [1.82, 2.24) is 9.80 Å². The molecule has 1 aliphatic heterocycles. The average molecular weight is 463 g/mol. The van der Waals surface area contributed by atoms with Crippen LogP contribution < -0.4 is 0 Å². The molecule has 30 heavy (non-hydrogen) atoms. The summed E-state index contributed by atoms with van der Waals surface area (Å²) in [6, 6.07) is 10.7. The lowest BCUT2D eigenvalue weighted by molar-refractivity contribution is -0.135. The van der Waals surface area contributed by atoms with Crippen LogP contribution in [0.2, 0.25) is 10.0 Å². The first-order chi connectivity index (χ1) is 14.4. The van der Waals surface area contributed by atoms with Crippen LogP contribution in [-0.4, -0.2) is 54.1 Å². The van der Waals surface area contributed by atoms with E-state index in [-0.39, 0.29) is 11.8 Å². The van der Waals surface area contributed by atoms with Crippen molar-refractivity contribution >= 4 is 59.1 Å². The molecule has 3 rings (SSSR count). The third-order valence-electron chi connectivity index (χ3n) is 4.76. The van der Waals surface area contributed by atoms with Gasteiger partial charge in [0.05, 0.1) is 10.0 Å². The van der Waals surface area contributed by atoms with Crippen molar-refractivity contribution < 1.29 is 14.4 Å². The van der Waals surface area contributed by atoms with E-state index in [0.717, 1.165) is 21.6 Å². The molecule has 8 heteroatoms. The molecule has 0 bridgehead atoms. The summed E-state index contributed by atoms with van der Waals surface area (Å²) in [5.74, 6) is -0.0643. The molecule has 0 aliphatic carbocycles. The standard InChI is InChI=1S/C22H20Cl2N2O3S/c1-15(28)25-9-11-26(12-10-25)22(29)8-6-16-5-7-21(19(24)13-16)30-20-4-2-3-18(23)17(20)14-27/h2-8,13-14H,9-12H2,1H3/b8-6+. The highest BCUT2D eigenvalue weighted by atomic mass is 35.5. The van der Waals surface area contributed by atoms with Gasteiger partial charge in [-0.05, 0) is 35.9 Å². The Bertz CT molecular complexity index is 1000. The van der Waals surface area contributed by atoms with Gasteiger partial charge in [-0.2, -0.15) is 0 Å². The Labute approximate surface area is 189 Å². The van der Waals surface area contributed by atoms with Crippen LogP contribution in [0, 0.1) is 0 Å². The summed E-state index contributed by atoms with van der Waals surface area (Å²) in [5.41, 5.74) is 1.22. The minimum atomic E-state index is -0.0951. The number of hydrogen-bond acceptors (Lipinski definition) is 4. The van der Waals surface area contributed by atoms with Crippen LogP contribution in [0.5, 0.6) is 0 Å². The quantitative estimate of drug-likeness (QED) is 0.478. The van der Waals surface area contributed by atoms with Gasteiger partial charge < -0.3 is 9.80 Å². The monoisotopic (exact) mass is 462 g/mol. The largest absolute Gasteiger partial charge is 0.339 e. The maximum absolute atomic E-state index is 12.4. The number of carbonyl (C=O) groups is 3. The van der Waals surface area contributed by atoms with Gasteiger partial charge in [0.15, 0.2) is 6.29 Å². The number of benzene rings is 2. The second-order valence-electron chi connectivity index (χ2n) is 6.73. The normalized spacial score (nSPS) is 14.2. The summed E-state index contributed by atoms with van der Waals surface area (Å²) in [5, 5.41) is 0.912. The summed E-state index contributed by atoms with van der Waals surface area (Å²) in [6.45, 7) is 3.70. The minimum absolute atomic E-state index is 0.0308. The number of hydrogen-bond donors (Lipinski definition) is 0. The van der Waals surface area contributed by atoms with E-state index >= 15 is 0 Å². The van der Waals surface area contributed by atoms with E-state index in [1.807, 2.05) is 18.2 Å². The number of piperazine rings is 1. The van der Waals surface area contributed by atoms with Gasteiger partial charge in [0, 0.05) is 54.5 Å². The van der Waals surface area contributed by atoms with E-state index in [2.05, 4.69) is 0 Å². The molecule has 0 N–H and O–H groups in total. The molecular formula is C22H20Cl2N2O3S. The van der Waals surface area contributed by atoms with Gasteiger partial charge in [-0.25, -0.2) is 0 Å². The fourth-order valence-corrected chi connectivity index (χ4v) is 4.58. The fraction of sp³-hybridized carbons (Fsp3) is 0.227. The summed E-state index contributed by atoms with van der Waals surface area (Å²) in [4.78, 5) is 40.1. The van der Waals surface area contributed by atoms with E-state index in [0.29, 0.717) is 41.8 Å². The topological polar surface area (TPSA) is 57.7 Å². The molecule has 0 unspecified atom stereocenters. The molecule has 1 saturated heterocycles. The number of carbonyl (C=O) groups excluding carboxylic acids is 3. The summed E-state index contributed by atoms with van der Waals surface area (Å²) in [6.07, 6.45) is 3.97. The highest BCUT2D eigenvalue weighted by Crippen LogP contribution is 2.37. The Kier molecular flexibility index (Phi) is 7.58. The van der Waals surface area contributed by atoms with E-state index in [1.54, 1.807) is 34.1 Å². The molecule has 1 aliphatic rings. The van der Waals surface area contributed by atoms with Crippen LogP contribution in [-0.2, 0) is 9.59 Å². The van der Waals surface area contributed by atoms with Gasteiger partial charge in [0.1, 0.15) is 0 Å². The number of rotatable bonds is 5. The number of halogens is 2. The second-order valence-corrected chi connectivity index (χ2v) is 8.62. The SMILES string of the molecule is CC(=O)N1CCN(C(=O)/C=C/c2ccc(Sc3cccc(Cl)c3C=O)c(Cl)c2)CC1. The molecule has 0 saturated carbocycles. The Morgan fingerprint density at radius 3 is 2.30 bits per heavy atom. The molecule has 0 radical (unpaired) electrons. The van der Waals surface area contributed by atoms with Gasteiger partial charge >= 0.3 is 0 Å². The maximum Gasteiger partial charge on any atom is 0.246 e. The van der Waals surface area contributed by atoms with E-state index in [9.17, 15) is 14.4 Å². The van der Waals surface area contributed by atoms with Crippen LogP contribution >= 0.6 is 35.0 Å². The summed E-state index contributed by atoms with van der Waals surface area (Å²) in [7, 11) is 0. The fourth-order valence-electron chi connectivity index (χ4n) is 3.06. The van der Waals surface area contributed by atoms with Gasteiger partial charge in [0.25, 0.3) is 0 Å². The highest BCUT2D eigenvalue weighted by Gasteiger charge is 2.20. The molecule has 156 valence electrons. The molecule has 2 aromatic carbocycles. The van der Waals surface area contributed by atoms with Crippen LogP contribution in [0.3, 0.4) is 0 Å².